The molecule has 0 aromatic carbocycles. The molecule has 0 spiro atoms. The number of amides is 2. The van der Waals surface area contributed by atoms with Crippen LogP contribution in [0.25, 0.3) is 0 Å². The van der Waals surface area contributed by atoms with Crippen LogP contribution in [0.3, 0.4) is 0 Å². The first-order chi connectivity index (χ1) is 9.61. The Morgan fingerprint density at radius 3 is 2.33 bits per heavy atom. The van der Waals surface area contributed by atoms with Crippen LogP contribution >= 0.6 is 0 Å². The quantitative estimate of drug-likeness (QED) is 0.849. The fourth-order valence-corrected chi connectivity index (χ4v) is 2.70. The highest BCUT2D eigenvalue weighted by Gasteiger charge is 2.41. The van der Waals surface area contributed by atoms with E-state index in [1.165, 1.54) is 11.9 Å². The number of carbonyl (C=O) groups is 3. The molecule has 1 fully saturated rings. The van der Waals surface area contributed by atoms with Gasteiger partial charge in [0.05, 0.1) is 0 Å². The van der Waals surface area contributed by atoms with Crippen molar-refractivity contribution in [2.75, 3.05) is 13.6 Å². The second-order valence-corrected chi connectivity index (χ2v) is 6.62. The zero-order valence-corrected chi connectivity index (χ0v) is 13.5. The Morgan fingerprint density at radius 2 is 1.90 bits per heavy atom. The first kappa shape index (κ1) is 17.5. The van der Waals surface area contributed by atoms with Crippen molar-refractivity contribution in [3.63, 3.8) is 0 Å². The van der Waals surface area contributed by atoms with Crippen LogP contribution in [0.15, 0.2) is 0 Å². The molecule has 6 nitrogen and oxygen atoms in total. The maximum atomic E-state index is 12.6. The summed E-state index contributed by atoms with van der Waals surface area (Å²) in [6.45, 7) is 7.76. The molecule has 120 valence electrons. The second-order valence-electron chi connectivity index (χ2n) is 6.62. The van der Waals surface area contributed by atoms with Gasteiger partial charge in [-0.15, -0.1) is 0 Å². The Hall–Kier alpha value is -1.59. The van der Waals surface area contributed by atoms with E-state index in [1.54, 1.807) is 11.8 Å². The first-order valence-electron chi connectivity index (χ1n) is 7.41. The van der Waals surface area contributed by atoms with Crippen molar-refractivity contribution >= 4 is 17.8 Å². The van der Waals surface area contributed by atoms with Crippen molar-refractivity contribution in [2.45, 2.75) is 59.0 Å². The van der Waals surface area contributed by atoms with Gasteiger partial charge in [-0.2, -0.15) is 0 Å². The molecule has 2 amide bonds. The van der Waals surface area contributed by atoms with E-state index in [-0.39, 0.29) is 11.8 Å². The van der Waals surface area contributed by atoms with Crippen LogP contribution in [0, 0.1) is 5.41 Å². The fraction of sp³-hybridized carbons (Fsp3) is 0.800. The van der Waals surface area contributed by atoms with Crippen molar-refractivity contribution in [2.24, 2.45) is 5.41 Å². The molecule has 0 bridgehead atoms. The summed E-state index contributed by atoms with van der Waals surface area (Å²) in [6.07, 6.45) is 1.72. The van der Waals surface area contributed by atoms with E-state index in [9.17, 15) is 14.4 Å². The van der Waals surface area contributed by atoms with Crippen LogP contribution in [0.2, 0.25) is 0 Å². The fourth-order valence-electron chi connectivity index (χ4n) is 2.70. The zero-order chi connectivity index (χ0) is 16.4. The largest absolute Gasteiger partial charge is 0.480 e. The molecule has 2 unspecified atom stereocenters. The van der Waals surface area contributed by atoms with Crippen LogP contribution in [-0.2, 0) is 14.4 Å². The van der Waals surface area contributed by atoms with E-state index in [0.29, 0.717) is 19.4 Å². The Kier molecular flexibility index (Phi) is 5.36. The lowest BCUT2D eigenvalue weighted by Gasteiger charge is -2.33. The predicted octanol–water partition coefficient (Wildman–Crippen LogP) is 1.35. The minimum Gasteiger partial charge on any atom is -0.480 e. The lowest BCUT2D eigenvalue weighted by Crippen LogP contribution is -2.53. The minimum absolute atomic E-state index is 0.0601. The third-order valence-electron chi connectivity index (χ3n) is 3.93. The van der Waals surface area contributed by atoms with Gasteiger partial charge in [0.25, 0.3) is 0 Å². The first-order valence-corrected chi connectivity index (χ1v) is 7.41. The zero-order valence-electron chi connectivity index (χ0n) is 13.5. The topological polar surface area (TPSA) is 77.9 Å². The second kappa shape index (κ2) is 6.45. The molecule has 0 radical (unpaired) electrons. The van der Waals surface area contributed by atoms with Gasteiger partial charge in [0, 0.05) is 19.0 Å². The lowest BCUT2D eigenvalue weighted by atomic mass is 9.94. The van der Waals surface area contributed by atoms with Gasteiger partial charge in [-0.25, -0.2) is 4.79 Å². The Morgan fingerprint density at radius 1 is 1.33 bits per heavy atom. The molecule has 1 aliphatic heterocycles. The van der Waals surface area contributed by atoms with Gasteiger partial charge < -0.3 is 14.9 Å². The molecule has 1 saturated heterocycles. The molecule has 1 N–H and O–H groups in total. The van der Waals surface area contributed by atoms with Crippen LogP contribution in [0.4, 0.5) is 0 Å². The molecule has 0 aliphatic carbocycles. The Balaban J connectivity index is 2.90. The molecule has 1 aliphatic rings. The Labute approximate surface area is 126 Å². The maximum absolute atomic E-state index is 12.6. The highest BCUT2D eigenvalue weighted by molar-refractivity contribution is 5.92. The van der Waals surface area contributed by atoms with Gasteiger partial charge in [-0.1, -0.05) is 27.7 Å². The standard InChI is InChI=1S/C15H26N2O4/c1-6-10(13(19)20)16(5)12(18)11-8-7-9-17(11)14(21)15(2,3)4/h10-11H,6-9H2,1-5H3,(H,19,20). The molecule has 0 aromatic heterocycles. The summed E-state index contributed by atoms with van der Waals surface area (Å²) in [5, 5.41) is 9.17. The smallest absolute Gasteiger partial charge is 0.326 e. The number of hydrogen-bond acceptors (Lipinski definition) is 3. The summed E-state index contributed by atoms with van der Waals surface area (Å²) >= 11 is 0. The average Bonchev–Trinajstić information content (AvgIpc) is 2.84. The van der Waals surface area contributed by atoms with Crippen LogP contribution < -0.4 is 0 Å². The summed E-state index contributed by atoms with van der Waals surface area (Å²) in [7, 11) is 1.50. The molecule has 0 saturated carbocycles. The SMILES string of the molecule is CCC(C(=O)O)N(C)C(=O)C1CCCN1C(=O)C(C)(C)C. The number of hydrogen-bond donors (Lipinski definition) is 1. The lowest BCUT2D eigenvalue weighted by molar-refractivity contribution is -0.154. The van der Waals surface area contributed by atoms with Crippen LogP contribution in [-0.4, -0.2) is 58.4 Å². The van der Waals surface area contributed by atoms with Crippen molar-refractivity contribution in [1.29, 1.82) is 0 Å². The Bertz CT molecular complexity index is 428. The number of likely N-dealkylation sites (N-methyl/N-ethyl adjacent to an activating group) is 1. The number of aliphatic carboxylic acids is 1. The summed E-state index contributed by atoms with van der Waals surface area (Å²) in [6, 6.07) is -1.38. The van der Waals surface area contributed by atoms with Crippen molar-refractivity contribution in [1.82, 2.24) is 9.80 Å². The third-order valence-corrected chi connectivity index (χ3v) is 3.93. The van der Waals surface area contributed by atoms with E-state index in [4.69, 9.17) is 5.11 Å². The molecule has 21 heavy (non-hydrogen) atoms. The molecule has 1 rings (SSSR count). The van der Waals surface area contributed by atoms with Gasteiger partial charge in [-0.3, -0.25) is 9.59 Å². The van der Waals surface area contributed by atoms with Gasteiger partial charge in [-0.05, 0) is 19.3 Å². The van der Waals surface area contributed by atoms with E-state index < -0.39 is 23.5 Å². The summed E-state index contributed by atoms with van der Waals surface area (Å²) in [5.74, 6) is -1.35. The summed E-state index contributed by atoms with van der Waals surface area (Å²) < 4.78 is 0. The highest BCUT2D eigenvalue weighted by Crippen LogP contribution is 2.26. The third kappa shape index (κ3) is 3.74. The molecule has 2 atom stereocenters. The van der Waals surface area contributed by atoms with E-state index in [0.717, 1.165) is 6.42 Å². The van der Waals surface area contributed by atoms with Crippen molar-refractivity contribution < 1.29 is 19.5 Å². The monoisotopic (exact) mass is 298 g/mol. The van der Waals surface area contributed by atoms with Crippen molar-refractivity contribution in [3.8, 4) is 0 Å². The van der Waals surface area contributed by atoms with Crippen molar-refractivity contribution in [3.05, 3.63) is 0 Å². The van der Waals surface area contributed by atoms with E-state index in [2.05, 4.69) is 0 Å². The number of carbonyl (C=O) groups excluding carboxylic acids is 2. The van der Waals surface area contributed by atoms with E-state index >= 15 is 0 Å². The number of rotatable bonds is 4. The molecular weight excluding hydrogens is 272 g/mol. The number of nitrogens with zero attached hydrogens (tertiary/aromatic N) is 2. The van der Waals surface area contributed by atoms with Crippen LogP contribution in [0.1, 0.15) is 47.0 Å². The molecule has 1 heterocycles. The summed E-state index contributed by atoms with van der Waals surface area (Å²) in [5.41, 5.74) is -0.543. The average molecular weight is 298 g/mol. The molecular formula is C15H26N2O4. The van der Waals surface area contributed by atoms with E-state index in [1.807, 2.05) is 20.8 Å². The summed E-state index contributed by atoms with van der Waals surface area (Å²) in [4.78, 5) is 39.0. The number of likely N-dealkylation sites (tertiary alicyclic amines) is 1. The highest BCUT2D eigenvalue weighted by atomic mass is 16.4. The molecule has 0 aromatic rings. The number of carboxylic acids is 1. The normalized spacial score (nSPS) is 20.2. The number of carboxylic acid groups (broad SMARTS) is 1. The minimum atomic E-state index is -1.01. The van der Waals surface area contributed by atoms with Gasteiger partial charge in [0.15, 0.2) is 0 Å². The maximum Gasteiger partial charge on any atom is 0.326 e. The van der Waals surface area contributed by atoms with Gasteiger partial charge in [0.1, 0.15) is 12.1 Å². The van der Waals surface area contributed by atoms with Gasteiger partial charge >= 0.3 is 5.97 Å². The molecule has 6 heteroatoms. The predicted molar refractivity (Wildman–Crippen MR) is 78.7 cm³/mol. The van der Waals surface area contributed by atoms with Gasteiger partial charge in [0.2, 0.25) is 11.8 Å². The van der Waals surface area contributed by atoms with Crippen LogP contribution in [0.5, 0.6) is 0 Å².